The van der Waals surface area contributed by atoms with E-state index in [1.807, 2.05) is 61.5 Å². The fourth-order valence-corrected chi connectivity index (χ4v) is 3.91. The van der Waals surface area contributed by atoms with Gasteiger partial charge in [0.2, 0.25) is 0 Å². The summed E-state index contributed by atoms with van der Waals surface area (Å²) in [6.45, 7) is 2.81. The molecule has 3 nitrogen and oxygen atoms in total. The summed E-state index contributed by atoms with van der Waals surface area (Å²) in [5.74, 6) is 0.583. The van der Waals surface area contributed by atoms with Crippen LogP contribution in [0.1, 0.15) is 26.4 Å². The number of benzene rings is 2. The topological polar surface area (TPSA) is 35.5 Å². The van der Waals surface area contributed by atoms with Gasteiger partial charge >= 0.3 is 5.97 Å². The second kappa shape index (κ2) is 6.13. The predicted molar refractivity (Wildman–Crippen MR) is 94.4 cm³/mol. The first-order chi connectivity index (χ1) is 11.7. The van der Waals surface area contributed by atoms with Crippen LogP contribution in [0.3, 0.4) is 0 Å². The zero-order valence-corrected chi connectivity index (χ0v) is 14.1. The van der Waals surface area contributed by atoms with Crippen molar-refractivity contribution in [3.8, 4) is 16.2 Å². The molecule has 1 aromatic heterocycles. The fraction of sp³-hybridized carbons (Fsp3) is 0.150. The molecule has 0 aliphatic carbocycles. The maximum Gasteiger partial charge on any atom is 0.348 e. The van der Waals surface area contributed by atoms with E-state index < -0.39 is 0 Å². The van der Waals surface area contributed by atoms with Crippen LogP contribution >= 0.6 is 11.3 Å². The maximum atomic E-state index is 12.4. The number of carbonyl (C=O) groups is 1. The largest absolute Gasteiger partial charge is 0.488 e. The minimum atomic E-state index is -0.284. The molecule has 0 spiro atoms. The van der Waals surface area contributed by atoms with Gasteiger partial charge in [-0.15, -0.1) is 11.3 Å². The van der Waals surface area contributed by atoms with Crippen LogP contribution in [0.5, 0.6) is 5.75 Å². The highest BCUT2D eigenvalue weighted by molar-refractivity contribution is 7.17. The van der Waals surface area contributed by atoms with Crippen molar-refractivity contribution in [1.29, 1.82) is 0 Å². The third-order valence-corrected chi connectivity index (χ3v) is 5.17. The molecule has 0 N–H and O–H groups in total. The zero-order chi connectivity index (χ0) is 16.5. The first-order valence-electron chi connectivity index (χ1n) is 7.78. The lowest BCUT2D eigenvalue weighted by Crippen LogP contribution is -2.04. The number of fused-ring (bicyclic) bond motifs is 3. The van der Waals surface area contributed by atoms with Gasteiger partial charge in [-0.3, -0.25) is 0 Å². The van der Waals surface area contributed by atoms with E-state index in [1.54, 1.807) is 0 Å². The van der Waals surface area contributed by atoms with Crippen molar-refractivity contribution < 1.29 is 14.3 Å². The summed E-state index contributed by atoms with van der Waals surface area (Å²) in [5.41, 5.74) is 4.24. The molecule has 4 heteroatoms. The Morgan fingerprint density at radius 2 is 2.04 bits per heavy atom. The van der Waals surface area contributed by atoms with Crippen molar-refractivity contribution in [1.82, 2.24) is 0 Å². The number of para-hydroxylation sites is 1. The van der Waals surface area contributed by atoms with Crippen LogP contribution in [-0.2, 0) is 18.0 Å². The summed E-state index contributed by atoms with van der Waals surface area (Å²) in [6.07, 6.45) is 0. The summed E-state index contributed by atoms with van der Waals surface area (Å²) in [7, 11) is 0. The Balaban J connectivity index is 1.54. The Labute approximate surface area is 144 Å². The molecule has 0 fully saturated rings. The van der Waals surface area contributed by atoms with Gasteiger partial charge in [0.05, 0.1) is 0 Å². The van der Waals surface area contributed by atoms with Gasteiger partial charge in [0.25, 0.3) is 0 Å². The molecule has 0 bridgehead atoms. The lowest BCUT2D eigenvalue weighted by Gasteiger charge is -2.16. The fourth-order valence-electron chi connectivity index (χ4n) is 2.82. The lowest BCUT2D eigenvalue weighted by molar-refractivity contribution is 0.0478. The zero-order valence-electron chi connectivity index (χ0n) is 13.2. The SMILES string of the molecule is Cc1cccc(COC(=O)c2cc3c(s2)-c2ccccc2OC3)c1. The van der Waals surface area contributed by atoms with Gasteiger partial charge in [0, 0.05) is 16.0 Å². The van der Waals surface area contributed by atoms with Crippen molar-refractivity contribution >= 4 is 17.3 Å². The second-order valence-corrected chi connectivity index (χ2v) is 6.87. The molecule has 0 saturated heterocycles. The third-order valence-electron chi connectivity index (χ3n) is 3.98. The van der Waals surface area contributed by atoms with Gasteiger partial charge in [-0.05, 0) is 30.7 Å². The molecule has 24 heavy (non-hydrogen) atoms. The van der Waals surface area contributed by atoms with E-state index in [1.165, 1.54) is 11.3 Å². The van der Waals surface area contributed by atoms with Gasteiger partial charge < -0.3 is 9.47 Å². The maximum absolute atomic E-state index is 12.4. The Morgan fingerprint density at radius 3 is 2.92 bits per heavy atom. The molecule has 0 amide bonds. The van der Waals surface area contributed by atoms with Crippen molar-refractivity contribution in [3.05, 3.63) is 76.2 Å². The molecule has 1 aliphatic heterocycles. The highest BCUT2D eigenvalue weighted by Gasteiger charge is 2.22. The van der Waals surface area contributed by atoms with Crippen molar-refractivity contribution in [2.45, 2.75) is 20.1 Å². The second-order valence-electron chi connectivity index (χ2n) is 5.82. The van der Waals surface area contributed by atoms with E-state index in [0.29, 0.717) is 11.5 Å². The first-order valence-corrected chi connectivity index (χ1v) is 8.60. The molecular weight excluding hydrogens is 320 g/mol. The monoisotopic (exact) mass is 336 g/mol. The number of ether oxygens (including phenoxy) is 2. The number of esters is 1. The molecule has 2 aromatic carbocycles. The number of carbonyl (C=O) groups excluding carboxylic acids is 1. The van der Waals surface area contributed by atoms with Crippen LogP contribution in [-0.4, -0.2) is 5.97 Å². The van der Waals surface area contributed by atoms with Crippen LogP contribution in [0.15, 0.2) is 54.6 Å². The van der Waals surface area contributed by atoms with Crippen molar-refractivity contribution in [2.24, 2.45) is 0 Å². The van der Waals surface area contributed by atoms with Crippen LogP contribution in [0.2, 0.25) is 0 Å². The summed E-state index contributed by atoms with van der Waals surface area (Å²) < 4.78 is 11.2. The standard InChI is InChI=1S/C20H16O3S/c1-13-5-4-6-14(9-13)11-23-20(21)18-10-15-12-22-17-8-3-2-7-16(17)19(15)24-18/h2-10H,11-12H2,1H3. The highest BCUT2D eigenvalue weighted by atomic mass is 32.1. The van der Waals surface area contributed by atoms with Gasteiger partial charge in [-0.25, -0.2) is 4.79 Å². The summed E-state index contributed by atoms with van der Waals surface area (Å²) in [6, 6.07) is 17.8. The molecule has 0 atom stereocenters. The van der Waals surface area contributed by atoms with E-state index in [2.05, 4.69) is 0 Å². The number of hydrogen-bond acceptors (Lipinski definition) is 4. The summed E-state index contributed by atoms with van der Waals surface area (Å²) in [4.78, 5) is 14.1. The normalized spacial score (nSPS) is 12.0. The summed E-state index contributed by atoms with van der Waals surface area (Å²) >= 11 is 1.47. The average molecular weight is 336 g/mol. The average Bonchev–Trinajstić information content (AvgIpc) is 3.04. The van der Waals surface area contributed by atoms with E-state index in [9.17, 15) is 4.79 Å². The molecule has 0 unspecified atom stereocenters. The molecule has 1 aliphatic rings. The molecule has 2 heterocycles. The Kier molecular flexibility index (Phi) is 3.82. The molecule has 120 valence electrons. The number of hydrogen-bond donors (Lipinski definition) is 0. The summed E-state index contributed by atoms with van der Waals surface area (Å²) in [5, 5.41) is 0. The van der Waals surface area contributed by atoms with Crippen LogP contribution < -0.4 is 4.74 Å². The van der Waals surface area contributed by atoms with Crippen LogP contribution in [0, 0.1) is 6.92 Å². The Morgan fingerprint density at radius 1 is 1.17 bits per heavy atom. The first kappa shape index (κ1) is 15.0. The Bertz CT molecular complexity index is 911. The molecule has 0 radical (unpaired) electrons. The van der Waals surface area contributed by atoms with E-state index >= 15 is 0 Å². The molecule has 0 saturated carbocycles. The number of aryl methyl sites for hydroxylation is 1. The van der Waals surface area contributed by atoms with Crippen LogP contribution in [0.4, 0.5) is 0 Å². The molecule has 3 aromatic rings. The third kappa shape index (κ3) is 2.81. The molecular formula is C20H16O3S. The van der Waals surface area contributed by atoms with E-state index in [0.717, 1.165) is 32.9 Å². The highest BCUT2D eigenvalue weighted by Crippen LogP contribution is 2.42. The van der Waals surface area contributed by atoms with Gasteiger partial charge in [0.1, 0.15) is 23.8 Å². The Hall–Kier alpha value is -2.59. The minimum absolute atomic E-state index is 0.284. The number of rotatable bonds is 3. The van der Waals surface area contributed by atoms with Crippen molar-refractivity contribution in [3.63, 3.8) is 0 Å². The van der Waals surface area contributed by atoms with E-state index in [4.69, 9.17) is 9.47 Å². The van der Waals surface area contributed by atoms with Gasteiger partial charge in [-0.2, -0.15) is 0 Å². The van der Waals surface area contributed by atoms with Crippen LogP contribution in [0.25, 0.3) is 10.4 Å². The quantitative estimate of drug-likeness (QED) is 0.633. The van der Waals surface area contributed by atoms with Gasteiger partial charge in [0.15, 0.2) is 0 Å². The van der Waals surface area contributed by atoms with Gasteiger partial charge in [-0.1, -0.05) is 42.0 Å². The minimum Gasteiger partial charge on any atom is -0.488 e. The van der Waals surface area contributed by atoms with Crippen molar-refractivity contribution in [2.75, 3.05) is 0 Å². The lowest BCUT2D eigenvalue weighted by atomic mass is 10.1. The number of thiophene rings is 1. The van der Waals surface area contributed by atoms with E-state index in [-0.39, 0.29) is 12.6 Å². The predicted octanol–water partition coefficient (Wildman–Crippen LogP) is 4.97. The molecule has 4 rings (SSSR count). The smallest absolute Gasteiger partial charge is 0.348 e.